The third kappa shape index (κ3) is 29.2. The van der Waals surface area contributed by atoms with Gasteiger partial charge in [0.1, 0.15) is 0 Å². The van der Waals surface area contributed by atoms with E-state index >= 15 is 0 Å². The van der Waals surface area contributed by atoms with Gasteiger partial charge in [0.05, 0.1) is 54.9 Å². The molecule has 0 bridgehead atoms. The van der Waals surface area contributed by atoms with Gasteiger partial charge in [-0.15, -0.1) is 0 Å². The minimum absolute atomic E-state index is 0. The van der Waals surface area contributed by atoms with Crippen molar-refractivity contribution >= 4 is 0 Å². The smallest absolute Gasteiger partial charge is 0.0836 e. The monoisotopic (exact) mass is 600 g/mol. The maximum absolute atomic E-state index is 2.42. The Balaban J connectivity index is 0. The highest BCUT2D eigenvalue weighted by Crippen LogP contribution is 2.16. The van der Waals surface area contributed by atoms with Crippen molar-refractivity contribution in [1.29, 1.82) is 0 Å². The Hall–Kier alpha value is -0.280. The number of aryl methyl sites for hydroxylation is 1. The summed E-state index contributed by atoms with van der Waals surface area (Å²) in [4.78, 5) is 0. The zero-order valence-corrected chi connectivity index (χ0v) is 29.2. The lowest BCUT2D eigenvalue weighted by molar-refractivity contribution is -0.902. The fraction of sp³-hybridized carbons (Fsp3) is 0.833. The molecule has 0 saturated carbocycles. The summed E-state index contributed by atoms with van der Waals surface area (Å²) in [7, 11) is 11.8. The molecule has 0 aliphatic carbocycles. The number of halogens is 2. The van der Waals surface area contributed by atoms with Crippen molar-refractivity contribution in [1.82, 2.24) is 0 Å². The first kappa shape index (κ1) is 41.9. The fourth-order valence-corrected chi connectivity index (χ4v) is 5.78. The topological polar surface area (TPSA) is 0 Å². The van der Waals surface area contributed by atoms with Crippen LogP contribution < -0.4 is 24.8 Å². The lowest BCUT2D eigenvalue weighted by atomic mass is 10.0. The molecular formula is C36H70Cl2N2. The average Bonchev–Trinajstić information content (AvgIpc) is 2.86. The van der Waals surface area contributed by atoms with Crippen LogP contribution in [-0.4, -0.2) is 63.8 Å². The van der Waals surface area contributed by atoms with Crippen LogP contribution in [0.25, 0.3) is 0 Å². The van der Waals surface area contributed by atoms with Crippen molar-refractivity contribution in [3.63, 3.8) is 0 Å². The van der Waals surface area contributed by atoms with E-state index in [4.69, 9.17) is 0 Å². The maximum atomic E-state index is 2.42. The lowest BCUT2D eigenvalue weighted by Gasteiger charge is -2.31. The molecule has 0 amide bonds. The van der Waals surface area contributed by atoms with E-state index in [1.165, 1.54) is 171 Å². The highest BCUT2D eigenvalue weighted by Gasteiger charge is 2.16. The van der Waals surface area contributed by atoms with Crippen LogP contribution in [0, 0.1) is 0 Å². The summed E-state index contributed by atoms with van der Waals surface area (Å²) in [6, 6.07) is 11.0. The van der Waals surface area contributed by atoms with E-state index in [0.29, 0.717) is 0 Å². The fourth-order valence-electron chi connectivity index (χ4n) is 5.78. The number of benzene rings is 1. The SMILES string of the molecule is C[N+](C)(C)CCC[N+](C)(C)CCCCCCCCCCCCCCCCCCCCCCc1ccccc1.[Cl-].[Cl-]. The molecule has 238 valence electrons. The molecule has 1 aromatic rings. The van der Waals surface area contributed by atoms with E-state index in [2.05, 4.69) is 65.6 Å². The van der Waals surface area contributed by atoms with Crippen LogP contribution >= 0.6 is 0 Å². The van der Waals surface area contributed by atoms with Gasteiger partial charge in [0.2, 0.25) is 0 Å². The van der Waals surface area contributed by atoms with Gasteiger partial charge in [0.15, 0.2) is 0 Å². The predicted octanol–water partition coefficient (Wildman–Crippen LogP) is 4.21. The van der Waals surface area contributed by atoms with E-state index in [1.54, 1.807) is 0 Å². The highest BCUT2D eigenvalue weighted by molar-refractivity contribution is 5.14. The summed E-state index contributed by atoms with van der Waals surface area (Å²) in [5.74, 6) is 0. The van der Waals surface area contributed by atoms with Gasteiger partial charge < -0.3 is 33.8 Å². The van der Waals surface area contributed by atoms with Crippen LogP contribution in [0.4, 0.5) is 0 Å². The molecule has 0 aromatic heterocycles. The lowest BCUT2D eigenvalue weighted by Crippen LogP contribution is -3.00. The van der Waals surface area contributed by atoms with E-state index in [1.807, 2.05) is 0 Å². The first-order chi connectivity index (χ1) is 18.3. The zero-order chi connectivity index (χ0) is 27.8. The number of hydrogen-bond donors (Lipinski definition) is 0. The molecule has 0 N–H and O–H groups in total. The summed E-state index contributed by atoms with van der Waals surface area (Å²) in [5, 5.41) is 0. The third-order valence-corrected chi connectivity index (χ3v) is 8.41. The first-order valence-electron chi connectivity index (χ1n) is 16.9. The predicted molar refractivity (Wildman–Crippen MR) is 172 cm³/mol. The Labute approximate surface area is 265 Å². The van der Waals surface area contributed by atoms with Crippen molar-refractivity contribution in [2.45, 2.75) is 141 Å². The van der Waals surface area contributed by atoms with Crippen LogP contribution in [0.3, 0.4) is 0 Å². The van der Waals surface area contributed by atoms with Gasteiger partial charge in [-0.25, -0.2) is 0 Å². The number of hydrogen-bond acceptors (Lipinski definition) is 0. The molecule has 0 atom stereocenters. The second kappa shape index (κ2) is 27.5. The second-order valence-corrected chi connectivity index (χ2v) is 14.1. The zero-order valence-electron chi connectivity index (χ0n) is 27.7. The van der Waals surface area contributed by atoms with Crippen LogP contribution in [0.2, 0.25) is 0 Å². The van der Waals surface area contributed by atoms with Gasteiger partial charge in [0, 0.05) is 6.42 Å². The normalized spacial score (nSPS) is 11.7. The maximum Gasteiger partial charge on any atom is 0.0836 e. The Morgan fingerprint density at radius 3 is 1.07 bits per heavy atom. The molecule has 0 heterocycles. The van der Waals surface area contributed by atoms with E-state index in [9.17, 15) is 0 Å². The molecule has 2 nitrogen and oxygen atoms in total. The van der Waals surface area contributed by atoms with E-state index < -0.39 is 0 Å². The van der Waals surface area contributed by atoms with Gasteiger partial charge in [0.25, 0.3) is 0 Å². The molecule has 0 spiro atoms. The van der Waals surface area contributed by atoms with Crippen molar-refractivity contribution < 1.29 is 33.8 Å². The van der Waals surface area contributed by atoms with Gasteiger partial charge >= 0.3 is 0 Å². The third-order valence-electron chi connectivity index (χ3n) is 8.41. The molecule has 0 aliphatic rings. The molecule has 1 rings (SSSR count). The molecule has 4 heteroatoms. The van der Waals surface area contributed by atoms with Crippen molar-refractivity contribution in [3.05, 3.63) is 35.9 Å². The van der Waals surface area contributed by atoms with Crippen LogP contribution in [-0.2, 0) is 6.42 Å². The minimum Gasteiger partial charge on any atom is -1.00 e. The Bertz CT molecular complexity index is 627. The summed E-state index contributed by atoms with van der Waals surface area (Å²) in [6.07, 6.45) is 31.7. The standard InChI is InChI=1S/C36H70N2.2ClH/c1-37(2,3)33-29-35-38(4,5)34-28-23-21-19-17-15-13-11-9-7-6-8-10-12-14-16-18-20-22-25-30-36-31-26-24-27-32-36;;/h24,26-27,31-32H,6-23,25,28-30,33-35H2,1-5H3;2*1H/q+2;;/p-2. The van der Waals surface area contributed by atoms with E-state index in [-0.39, 0.29) is 24.8 Å². The van der Waals surface area contributed by atoms with Gasteiger partial charge in [-0.2, -0.15) is 0 Å². The number of unbranched alkanes of at least 4 members (excludes halogenated alkanes) is 19. The molecule has 1 aromatic carbocycles. The van der Waals surface area contributed by atoms with E-state index in [0.717, 1.165) is 4.48 Å². The first-order valence-corrected chi connectivity index (χ1v) is 16.9. The Morgan fingerprint density at radius 1 is 0.375 bits per heavy atom. The molecule has 0 unspecified atom stereocenters. The quantitative estimate of drug-likeness (QED) is 0.105. The van der Waals surface area contributed by atoms with Gasteiger partial charge in [-0.1, -0.05) is 139 Å². The van der Waals surface area contributed by atoms with Crippen molar-refractivity contribution in [3.8, 4) is 0 Å². The molecule has 0 fully saturated rings. The summed E-state index contributed by atoms with van der Waals surface area (Å²) < 4.78 is 2.30. The van der Waals surface area contributed by atoms with Crippen molar-refractivity contribution in [2.24, 2.45) is 0 Å². The average molecular weight is 602 g/mol. The Kier molecular flexibility index (Phi) is 28.8. The summed E-state index contributed by atoms with van der Waals surface area (Å²) >= 11 is 0. The highest BCUT2D eigenvalue weighted by atomic mass is 35.5. The number of rotatable bonds is 27. The summed E-state index contributed by atoms with van der Waals surface area (Å²) in [5.41, 5.74) is 1.50. The van der Waals surface area contributed by atoms with Crippen LogP contribution in [0.5, 0.6) is 0 Å². The molecule has 0 radical (unpaired) electrons. The molecule has 0 saturated heterocycles. The minimum atomic E-state index is 0. The van der Waals surface area contributed by atoms with Gasteiger partial charge in [-0.05, 0) is 31.2 Å². The van der Waals surface area contributed by atoms with Crippen molar-refractivity contribution in [2.75, 3.05) is 54.9 Å². The second-order valence-electron chi connectivity index (χ2n) is 14.1. The molecule has 40 heavy (non-hydrogen) atoms. The summed E-state index contributed by atoms with van der Waals surface area (Å²) in [6.45, 7) is 3.97. The van der Waals surface area contributed by atoms with Gasteiger partial charge in [-0.3, -0.25) is 0 Å². The largest absolute Gasteiger partial charge is 1.00 e. The Morgan fingerprint density at radius 2 is 0.700 bits per heavy atom. The molecular weight excluding hydrogens is 531 g/mol. The van der Waals surface area contributed by atoms with Crippen LogP contribution in [0.1, 0.15) is 140 Å². The van der Waals surface area contributed by atoms with Crippen LogP contribution in [0.15, 0.2) is 30.3 Å². The number of quaternary nitrogens is 2. The number of nitrogens with zero attached hydrogens (tertiary/aromatic N) is 2. The molecule has 0 aliphatic heterocycles.